The van der Waals surface area contributed by atoms with E-state index in [1.54, 1.807) is 10.8 Å². The van der Waals surface area contributed by atoms with Crippen LogP contribution in [0, 0.1) is 12.7 Å². The van der Waals surface area contributed by atoms with E-state index in [2.05, 4.69) is 4.99 Å². The fourth-order valence-corrected chi connectivity index (χ4v) is 3.63. The van der Waals surface area contributed by atoms with Crippen LogP contribution in [-0.4, -0.2) is 23.2 Å². The zero-order valence-corrected chi connectivity index (χ0v) is 14.7. The maximum atomic E-state index is 14.1. The van der Waals surface area contributed by atoms with Crippen LogP contribution in [0.15, 0.2) is 29.4 Å². The molecule has 0 saturated carbocycles. The van der Waals surface area contributed by atoms with Gasteiger partial charge in [0.25, 0.3) is 5.91 Å². The number of benzene rings is 1. The van der Waals surface area contributed by atoms with Crippen molar-refractivity contribution in [3.8, 4) is 0 Å². The largest absolute Gasteiger partial charge is 0.419 e. The van der Waals surface area contributed by atoms with Crippen LogP contribution in [-0.2, 0) is 17.5 Å². The zero-order valence-electron chi connectivity index (χ0n) is 13.8. The Morgan fingerprint density at radius 3 is 2.85 bits per heavy atom. The number of rotatable bonds is 3. The molecule has 0 unspecified atom stereocenters. The number of aromatic nitrogens is 1. The maximum Gasteiger partial charge on any atom is 0.419 e. The number of ether oxygens (including phenoxy) is 1. The van der Waals surface area contributed by atoms with Crippen LogP contribution in [0.3, 0.4) is 0 Å². The SMILES string of the molecule is Cc1cn(C[C@H]2CCCO2)/c(=N/C(=O)c2cccc(C(F)(F)F)c2F)s1. The highest BCUT2D eigenvalue weighted by atomic mass is 32.1. The van der Waals surface area contributed by atoms with Crippen LogP contribution in [0.2, 0.25) is 0 Å². The minimum Gasteiger partial charge on any atom is -0.376 e. The van der Waals surface area contributed by atoms with E-state index in [9.17, 15) is 22.4 Å². The average Bonchev–Trinajstić information content (AvgIpc) is 3.17. The van der Waals surface area contributed by atoms with Crippen molar-refractivity contribution in [2.75, 3.05) is 6.61 Å². The van der Waals surface area contributed by atoms with Gasteiger partial charge >= 0.3 is 6.18 Å². The third-order valence-corrected chi connectivity index (χ3v) is 4.93. The summed E-state index contributed by atoms with van der Waals surface area (Å²) in [6.45, 7) is 2.99. The molecule has 0 radical (unpaired) electrons. The molecule has 0 spiro atoms. The second kappa shape index (κ2) is 7.32. The molecule has 2 aromatic rings. The maximum absolute atomic E-state index is 14.1. The van der Waals surface area contributed by atoms with Gasteiger partial charge in [0.2, 0.25) is 0 Å². The first-order valence-electron chi connectivity index (χ1n) is 7.99. The van der Waals surface area contributed by atoms with Crippen molar-refractivity contribution in [3.05, 3.63) is 51.0 Å². The van der Waals surface area contributed by atoms with Crippen molar-refractivity contribution in [1.29, 1.82) is 0 Å². The molecule has 2 heterocycles. The third kappa shape index (κ3) is 4.04. The summed E-state index contributed by atoms with van der Waals surface area (Å²) < 4.78 is 59.9. The van der Waals surface area contributed by atoms with Gasteiger partial charge < -0.3 is 9.30 Å². The number of nitrogens with zero attached hydrogens (tertiary/aromatic N) is 2. The number of carbonyl (C=O) groups excluding carboxylic acids is 1. The van der Waals surface area contributed by atoms with Crippen molar-refractivity contribution >= 4 is 17.2 Å². The van der Waals surface area contributed by atoms with Gasteiger partial charge in [-0.1, -0.05) is 6.07 Å². The van der Waals surface area contributed by atoms with Gasteiger partial charge in [0.1, 0.15) is 5.82 Å². The minimum atomic E-state index is -4.88. The summed E-state index contributed by atoms with van der Waals surface area (Å²) >= 11 is 1.21. The first-order chi connectivity index (χ1) is 12.3. The van der Waals surface area contributed by atoms with E-state index in [0.717, 1.165) is 29.9 Å². The lowest BCUT2D eigenvalue weighted by Gasteiger charge is -2.10. The second-order valence-electron chi connectivity index (χ2n) is 5.99. The Morgan fingerprint density at radius 1 is 1.42 bits per heavy atom. The molecule has 140 valence electrons. The monoisotopic (exact) mass is 388 g/mol. The Kier molecular flexibility index (Phi) is 5.29. The molecule has 1 saturated heterocycles. The Bertz CT molecular complexity index is 880. The van der Waals surface area contributed by atoms with Gasteiger partial charge in [0.05, 0.1) is 23.8 Å². The van der Waals surface area contributed by atoms with Gasteiger partial charge in [-0.05, 0) is 31.9 Å². The summed E-state index contributed by atoms with van der Waals surface area (Å²) in [7, 11) is 0. The number of thiazole rings is 1. The molecule has 0 aliphatic carbocycles. The standard InChI is InChI=1S/C17H16F4N2O2S/c1-10-8-23(9-11-4-3-7-25-11)16(26-10)22-15(24)12-5-2-6-13(14(12)18)17(19,20)21/h2,5-6,8,11H,3-4,7,9H2,1H3/b22-16-/t11-/m1/s1. The first kappa shape index (κ1) is 18.8. The van der Waals surface area contributed by atoms with Crippen molar-refractivity contribution < 1.29 is 27.1 Å². The lowest BCUT2D eigenvalue weighted by Crippen LogP contribution is -2.23. The van der Waals surface area contributed by atoms with Gasteiger partial charge in [0.15, 0.2) is 4.80 Å². The van der Waals surface area contributed by atoms with Gasteiger partial charge in [-0.3, -0.25) is 4.79 Å². The van der Waals surface area contributed by atoms with Crippen LogP contribution >= 0.6 is 11.3 Å². The fraction of sp³-hybridized carbons (Fsp3) is 0.412. The molecule has 1 aliphatic rings. The molecule has 0 N–H and O–H groups in total. The van der Waals surface area contributed by atoms with Gasteiger partial charge in [-0.15, -0.1) is 11.3 Å². The van der Waals surface area contributed by atoms with Crippen LogP contribution in [0.4, 0.5) is 17.6 Å². The third-order valence-electron chi connectivity index (χ3n) is 3.99. The number of amides is 1. The summed E-state index contributed by atoms with van der Waals surface area (Å²) in [6, 6.07) is 2.59. The van der Waals surface area contributed by atoms with Crippen LogP contribution < -0.4 is 4.80 Å². The molecule has 1 aromatic heterocycles. The van der Waals surface area contributed by atoms with Crippen molar-refractivity contribution in [1.82, 2.24) is 4.57 Å². The molecule has 0 bridgehead atoms. The van der Waals surface area contributed by atoms with E-state index < -0.39 is 29.0 Å². The molecule has 9 heteroatoms. The zero-order chi connectivity index (χ0) is 18.9. The van der Waals surface area contributed by atoms with Crippen LogP contribution in [0.5, 0.6) is 0 Å². The number of hydrogen-bond donors (Lipinski definition) is 0. The summed E-state index contributed by atoms with van der Waals surface area (Å²) in [5.74, 6) is -2.65. The van der Waals surface area contributed by atoms with Gasteiger partial charge in [0, 0.05) is 17.7 Å². The number of aryl methyl sites for hydroxylation is 1. The molecular formula is C17H16F4N2O2S. The summed E-state index contributed by atoms with van der Waals surface area (Å²) in [4.78, 5) is 17.3. The molecule has 1 fully saturated rings. The van der Waals surface area contributed by atoms with E-state index >= 15 is 0 Å². The highest BCUT2D eigenvalue weighted by Gasteiger charge is 2.35. The van der Waals surface area contributed by atoms with Crippen LogP contribution in [0.25, 0.3) is 0 Å². The predicted octanol–water partition coefficient (Wildman–Crippen LogP) is 3.94. The Morgan fingerprint density at radius 2 is 2.19 bits per heavy atom. The smallest absolute Gasteiger partial charge is 0.376 e. The minimum absolute atomic E-state index is 0.00310. The topological polar surface area (TPSA) is 43.6 Å². The first-order valence-corrected chi connectivity index (χ1v) is 8.80. The van der Waals surface area contributed by atoms with Crippen molar-refractivity contribution in [3.63, 3.8) is 0 Å². The molecule has 1 atom stereocenters. The molecule has 1 aliphatic heterocycles. The van der Waals surface area contributed by atoms with E-state index in [1.165, 1.54) is 11.3 Å². The Balaban J connectivity index is 1.95. The van der Waals surface area contributed by atoms with E-state index in [0.29, 0.717) is 24.0 Å². The van der Waals surface area contributed by atoms with E-state index in [-0.39, 0.29) is 6.10 Å². The normalized spacial score (nSPS) is 18.5. The lowest BCUT2D eigenvalue weighted by atomic mass is 10.1. The number of alkyl halides is 3. The highest BCUT2D eigenvalue weighted by Crippen LogP contribution is 2.32. The van der Waals surface area contributed by atoms with Crippen LogP contribution in [0.1, 0.15) is 33.6 Å². The fourth-order valence-electron chi connectivity index (χ4n) is 2.79. The predicted molar refractivity (Wildman–Crippen MR) is 87.3 cm³/mol. The average molecular weight is 388 g/mol. The molecule has 26 heavy (non-hydrogen) atoms. The Labute approximate surface area is 150 Å². The quantitative estimate of drug-likeness (QED) is 0.748. The summed E-state index contributed by atoms with van der Waals surface area (Å²) in [5, 5.41) is 0. The molecule has 4 nitrogen and oxygen atoms in total. The van der Waals surface area contributed by atoms with E-state index in [1.807, 2.05) is 6.92 Å². The Hall–Kier alpha value is -2.00. The molecule has 3 rings (SSSR count). The summed E-state index contributed by atoms with van der Waals surface area (Å²) in [6.07, 6.45) is -1.24. The summed E-state index contributed by atoms with van der Waals surface area (Å²) in [5.41, 5.74) is -2.18. The molecule has 1 aromatic carbocycles. The highest BCUT2D eigenvalue weighted by molar-refractivity contribution is 7.09. The van der Waals surface area contributed by atoms with E-state index in [4.69, 9.17) is 4.74 Å². The van der Waals surface area contributed by atoms with Gasteiger partial charge in [-0.25, -0.2) is 4.39 Å². The molecular weight excluding hydrogens is 372 g/mol. The van der Waals surface area contributed by atoms with Crippen molar-refractivity contribution in [2.24, 2.45) is 4.99 Å². The number of carbonyl (C=O) groups is 1. The number of hydrogen-bond acceptors (Lipinski definition) is 3. The second-order valence-corrected chi connectivity index (χ2v) is 7.21. The lowest BCUT2D eigenvalue weighted by molar-refractivity contribution is -0.140. The van der Waals surface area contributed by atoms with Gasteiger partial charge in [-0.2, -0.15) is 18.2 Å². The van der Waals surface area contributed by atoms with Crippen molar-refractivity contribution in [2.45, 2.75) is 38.6 Å². The molecule has 1 amide bonds. The number of halogens is 4.